The van der Waals surface area contributed by atoms with Gasteiger partial charge in [-0.2, -0.15) is 0 Å². The Hall–Kier alpha value is -0.510. The molecule has 0 amide bonds. The first kappa shape index (κ1) is 13.6. The van der Waals surface area contributed by atoms with Gasteiger partial charge < -0.3 is 4.74 Å². The fourth-order valence-corrected chi connectivity index (χ4v) is 3.90. The Morgan fingerprint density at radius 3 is 2.62 bits per heavy atom. The van der Waals surface area contributed by atoms with Crippen LogP contribution in [0.3, 0.4) is 0 Å². The monoisotopic (exact) mass is 246 g/mol. The van der Waals surface area contributed by atoms with Gasteiger partial charge in [-0.3, -0.25) is 0 Å². The lowest BCUT2D eigenvalue weighted by Gasteiger charge is -2.32. The van der Waals surface area contributed by atoms with E-state index in [0.717, 1.165) is 24.8 Å². The second kappa shape index (κ2) is 5.21. The maximum Gasteiger partial charge on any atom is 0.155 e. The third-order valence-corrected chi connectivity index (χ3v) is 5.92. The Balaban J connectivity index is 2.53. The van der Waals surface area contributed by atoms with Gasteiger partial charge in [0.2, 0.25) is 0 Å². The quantitative estimate of drug-likeness (QED) is 0.566. The van der Waals surface area contributed by atoms with Crippen molar-refractivity contribution in [3.05, 3.63) is 11.8 Å². The van der Waals surface area contributed by atoms with Crippen LogP contribution >= 0.6 is 0 Å². The minimum absolute atomic E-state index is 0.339. The first-order chi connectivity index (χ1) is 7.37. The molecule has 1 unspecified atom stereocenters. The third kappa shape index (κ3) is 3.24. The number of hydrogen-bond acceptors (Lipinski definition) is 3. The molecule has 1 heterocycles. The Morgan fingerprint density at radius 2 is 2.06 bits per heavy atom. The smallest absolute Gasteiger partial charge is 0.155 e. The van der Waals surface area contributed by atoms with E-state index >= 15 is 0 Å². The van der Waals surface area contributed by atoms with Crippen molar-refractivity contribution in [1.82, 2.24) is 0 Å². The molecule has 1 rings (SSSR count). The minimum atomic E-state index is -2.92. The molecular weight excluding hydrogens is 224 g/mol. The molecule has 1 fully saturated rings. The highest BCUT2D eigenvalue weighted by Gasteiger charge is 2.40. The molecule has 0 aromatic heterocycles. The largest absolute Gasteiger partial charge is 0.501 e. The van der Waals surface area contributed by atoms with Gasteiger partial charge in [0.05, 0.1) is 23.4 Å². The second-order valence-corrected chi connectivity index (χ2v) is 7.67. The zero-order valence-electron chi connectivity index (χ0n) is 10.5. The van der Waals surface area contributed by atoms with Gasteiger partial charge in [-0.1, -0.05) is 6.42 Å². The summed E-state index contributed by atoms with van der Waals surface area (Å²) in [6.07, 6.45) is 4.89. The normalized spacial score (nSPS) is 28.4. The summed E-state index contributed by atoms with van der Waals surface area (Å²) in [5, 5.41) is 0. The molecule has 0 N–H and O–H groups in total. The van der Waals surface area contributed by atoms with Crippen molar-refractivity contribution >= 4 is 9.84 Å². The number of sulfone groups is 1. The van der Waals surface area contributed by atoms with Crippen molar-refractivity contribution in [3.63, 3.8) is 0 Å². The maximum atomic E-state index is 12.0. The third-order valence-electron chi connectivity index (χ3n) is 3.19. The standard InChI is InChI=1S/C12H22O3S/c1-11(2)10-15-8-7-12(3)6-4-5-9-16(12,13)14/h10H,4-9H2,1-3H3. The van der Waals surface area contributed by atoms with Gasteiger partial charge in [0.1, 0.15) is 0 Å². The van der Waals surface area contributed by atoms with Gasteiger partial charge in [0.25, 0.3) is 0 Å². The molecule has 94 valence electrons. The predicted octanol–water partition coefficient (Wildman–Crippen LogP) is 2.67. The minimum Gasteiger partial charge on any atom is -0.501 e. The van der Waals surface area contributed by atoms with E-state index in [4.69, 9.17) is 4.74 Å². The van der Waals surface area contributed by atoms with E-state index in [1.54, 1.807) is 6.26 Å². The predicted molar refractivity (Wildman–Crippen MR) is 66.0 cm³/mol. The van der Waals surface area contributed by atoms with Gasteiger partial charge in [-0.25, -0.2) is 8.42 Å². The lowest BCUT2D eigenvalue weighted by molar-refractivity contribution is 0.223. The van der Waals surface area contributed by atoms with Crippen molar-refractivity contribution in [2.24, 2.45) is 0 Å². The molecule has 0 aromatic rings. The first-order valence-corrected chi connectivity index (χ1v) is 7.50. The Kier molecular flexibility index (Phi) is 4.42. The van der Waals surface area contributed by atoms with Gasteiger partial charge >= 0.3 is 0 Å². The van der Waals surface area contributed by atoms with Crippen LogP contribution in [0.25, 0.3) is 0 Å². The summed E-state index contributed by atoms with van der Waals surface area (Å²) in [7, 11) is -2.92. The molecule has 0 spiro atoms. The van der Waals surface area contributed by atoms with E-state index in [0.29, 0.717) is 18.8 Å². The molecule has 4 heteroatoms. The summed E-state index contributed by atoms with van der Waals surface area (Å²) in [5.74, 6) is 0.339. The molecule has 0 radical (unpaired) electrons. The first-order valence-electron chi connectivity index (χ1n) is 5.85. The zero-order valence-corrected chi connectivity index (χ0v) is 11.3. The Morgan fingerprint density at radius 1 is 1.38 bits per heavy atom. The topological polar surface area (TPSA) is 43.4 Å². The zero-order chi connectivity index (χ0) is 12.2. The number of rotatable bonds is 4. The number of allylic oxidation sites excluding steroid dienone is 1. The van der Waals surface area contributed by atoms with Gasteiger partial charge in [-0.15, -0.1) is 0 Å². The Bertz CT molecular complexity index is 352. The van der Waals surface area contributed by atoms with Crippen molar-refractivity contribution < 1.29 is 13.2 Å². The van der Waals surface area contributed by atoms with Crippen molar-refractivity contribution in [1.29, 1.82) is 0 Å². The van der Waals surface area contributed by atoms with Crippen LogP contribution in [-0.2, 0) is 14.6 Å². The molecule has 0 aromatic carbocycles. The van der Waals surface area contributed by atoms with Crippen LogP contribution in [0.5, 0.6) is 0 Å². The lowest BCUT2D eigenvalue weighted by atomic mass is 9.99. The van der Waals surface area contributed by atoms with Crippen molar-refractivity contribution in [2.75, 3.05) is 12.4 Å². The van der Waals surface area contributed by atoms with Crippen LogP contribution in [-0.4, -0.2) is 25.5 Å². The summed E-state index contributed by atoms with van der Waals surface area (Å²) >= 11 is 0. The van der Waals surface area contributed by atoms with E-state index in [1.807, 2.05) is 20.8 Å². The van der Waals surface area contributed by atoms with Gasteiger partial charge in [0.15, 0.2) is 9.84 Å². The lowest BCUT2D eigenvalue weighted by Crippen LogP contribution is -2.41. The average Bonchev–Trinajstić information content (AvgIpc) is 2.18. The average molecular weight is 246 g/mol. The van der Waals surface area contributed by atoms with Crippen LogP contribution in [0.15, 0.2) is 11.8 Å². The summed E-state index contributed by atoms with van der Waals surface area (Å²) in [6, 6.07) is 0. The highest BCUT2D eigenvalue weighted by atomic mass is 32.2. The van der Waals surface area contributed by atoms with E-state index in [9.17, 15) is 8.42 Å². The van der Waals surface area contributed by atoms with Gasteiger partial charge in [0, 0.05) is 6.42 Å². The second-order valence-electron chi connectivity index (χ2n) is 5.04. The number of ether oxygens (including phenoxy) is 1. The molecule has 1 aliphatic heterocycles. The van der Waals surface area contributed by atoms with Crippen LogP contribution in [0.4, 0.5) is 0 Å². The summed E-state index contributed by atoms with van der Waals surface area (Å²) in [5.41, 5.74) is 1.09. The van der Waals surface area contributed by atoms with Crippen LogP contribution in [0, 0.1) is 0 Å². The molecular formula is C12H22O3S. The highest BCUT2D eigenvalue weighted by molar-refractivity contribution is 7.92. The highest BCUT2D eigenvalue weighted by Crippen LogP contribution is 2.33. The summed E-state index contributed by atoms with van der Waals surface area (Å²) < 4.78 is 28.7. The van der Waals surface area contributed by atoms with Crippen LogP contribution in [0.1, 0.15) is 46.5 Å². The fraction of sp³-hybridized carbons (Fsp3) is 0.833. The van der Waals surface area contributed by atoms with E-state index in [-0.39, 0.29) is 0 Å². The summed E-state index contributed by atoms with van der Waals surface area (Å²) in [6.45, 7) is 6.26. The number of hydrogen-bond donors (Lipinski definition) is 0. The van der Waals surface area contributed by atoms with E-state index < -0.39 is 14.6 Å². The Labute approximate surface area is 98.8 Å². The molecule has 0 saturated carbocycles. The molecule has 0 bridgehead atoms. The fourth-order valence-electron chi connectivity index (χ4n) is 1.97. The SMILES string of the molecule is CC(C)=COCCC1(C)CCCCS1(=O)=O. The molecule has 1 aliphatic rings. The maximum absolute atomic E-state index is 12.0. The molecule has 16 heavy (non-hydrogen) atoms. The van der Waals surface area contributed by atoms with E-state index in [1.165, 1.54) is 0 Å². The summed E-state index contributed by atoms with van der Waals surface area (Å²) in [4.78, 5) is 0. The molecule has 1 saturated heterocycles. The van der Waals surface area contributed by atoms with E-state index in [2.05, 4.69) is 0 Å². The molecule has 3 nitrogen and oxygen atoms in total. The molecule has 0 aliphatic carbocycles. The van der Waals surface area contributed by atoms with Crippen LogP contribution in [0.2, 0.25) is 0 Å². The van der Waals surface area contributed by atoms with Gasteiger partial charge in [-0.05, 0) is 39.2 Å². The van der Waals surface area contributed by atoms with Crippen LogP contribution < -0.4 is 0 Å². The van der Waals surface area contributed by atoms with Crippen molar-refractivity contribution in [3.8, 4) is 0 Å². The van der Waals surface area contributed by atoms with Crippen molar-refractivity contribution in [2.45, 2.75) is 51.2 Å². The molecule has 1 atom stereocenters.